The van der Waals surface area contributed by atoms with Crippen LogP contribution in [0.25, 0.3) is 0 Å². The van der Waals surface area contributed by atoms with E-state index < -0.39 is 6.10 Å². The number of aliphatic hydroxyl groups excluding tert-OH is 1. The average Bonchev–Trinajstić information content (AvgIpc) is 2.39. The van der Waals surface area contributed by atoms with E-state index in [-0.39, 0.29) is 5.92 Å². The molecule has 0 aliphatic heterocycles. The largest absolute Gasteiger partial charge is 0.388 e. The Balaban J connectivity index is 2.36. The van der Waals surface area contributed by atoms with E-state index >= 15 is 0 Å². The summed E-state index contributed by atoms with van der Waals surface area (Å²) >= 11 is 6.92. The summed E-state index contributed by atoms with van der Waals surface area (Å²) in [6, 6.07) is 13.9. The minimum Gasteiger partial charge on any atom is -0.388 e. The summed E-state index contributed by atoms with van der Waals surface area (Å²) in [4.78, 5) is 0. The fourth-order valence-electron chi connectivity index (χ4n) is 2.31. The van der Waals surface area contributed by atoms with Crippen molar-refractivity contribution in [3.8, 4) is 0 Å². The highest BCUT2D eigenvalue weighted by atomic mass is 79.9. The van der Waals surface area contributed by atoms with Crippen LogP contribution in [0.4, 0.5) is 0 Å². The van der Waals surface area contributed by atoms with Crippen LogP contribution in [0.5, 0.6) is 0 Å². The Bertz CT molecular complexity index is 601. The summed E-state index contributed by atoms with van der Waals surface area (Å²) in [6.45, 7) is 2.44. The highest BCUT2D eigenvalue weighted by Crippen LogP contribution is 2.35. The molecule has 0 spiro atoms. The standard InChI is InChI=1S/C16H17Br2NO/c1-10-3-2-4-11(7-10)14(9-19)16(20)13-6-5-12(17)8-15(13)18/h2-8,14,16,20H,9,19H2,1H3. The van der Waals surface area contributed by atoms with E-state index in [0.29, 0.717) is 6.54 Å². The van der Waals surface area contributed by atoms with Gasteiger partial charge in [0.2, 0.25) is 0 Å². The van der Waals surface area contributed by atoms with Gasteiger partial charge in [0.05, 0.1) is 6.10 Å². The third kappa shape index (κ3) is 3.50. The van der Waals surface area contributed by atoms with Crippen molar-refractivity contribution in [1.82, 2.24) is 0 Å². The van der Waals surface area contributed by atoms with E-state index in [4.69, 9.17) is 5.73 Å². The van der Waals surface area contributed by atoms with Crippen molar-refractivity contribution in [1.29, 1.82) is 0 Å². The summed E-state index contributed by atoms with van der Waals surface area (Å²) in [5, 5.41) is 10.7. The molecule has 20 heavy (non-hydrogen) atoms. The van der Waals surface area contributed by atoms with Crippen LogP contribution >= 0.6 is 31.9 Å². The van der Waals surface area contributed by atoms with Crippen LogP contribution in [0, 0.1) is 6.92 Å². The van der Waals surface area contributed by atoms with Gasteiger partial charge in [0, 0.05) is 21.4 Å². The Morgan fingerprint density at radius 1 is 1.15 bits per heavy atom. The van der Waals surface area contributed by atoms with Crippen LogP contribution in [0.3, 0.4) is 0 Å². The minimum absolute atomic E-state index is 0.118. The van der Waals surface area contributed by atoms with Gasteiger partial charge in [-0.1, -0.05) is 67.8 Å². The zero-order valence-corrected chi connectivity index (χ0v) is 14.4. The summed E-state index contributed by atoms with van der Waals surface area (Å²) in [6.07, 6.45) is -0.635. The number of hydrogen-bond donors (Lipinski definition) is 2. The topological polar surface area (TPSA) is 46.2 Å². The van der Waals surface area contributed by atoms with Crippen LogP contribution in [0.1, 0.15) is 28.7 Å². The number of aryl methyl sites for hydroxylation is 1. The average molecular weight is 399 g/mol. The van der Waals surface area contributed by atoms with Gasteiger partial charge in [-0.25, -0.2) is 0 Å². The predicted molar refractivity (Wildman–Crippen MR) is 89.8 cm³/mol. The van der Waals surface area contributed by atoms with Gasteiger partial charge in [-0.05, 0) is 30.2 Å². The van der Waals surface area contributed by atoms with Crippen LogP contribution in [0.15, 0.2) is 51.4 Å². The zero-order valence-electron chi connectivity index (χ0n) is 11.2. The number of aliphatic hydroxyl groups is 1. The molecule has 0 saturated heterocycles. The van der Waals surface area contributed by atoms with E-state index in [1.165, 1.54) is 5.56 Å². The van der Waals surface area contributed by atoms with E-state index in [2.05, 4.69) is 37.9 Å². The second-order valence-electron chi connectivity index (χ2n) is 4.87. The Morgan fingerprint density at radius 3 is 2.50 bits per heavy atom. The van der Waals surface area contributed by atoms with Gasteiger partial charge < -0.3 is 10.8 Å². The molecule has 0 heterocycles. The van der Waals surface area contributed by atoms with Gasteiger partial charge in [-0.2, -0.15) is 0 Å². The predicted octanol–water partition coefficient (Wildman–Crippen LogP) is 4.30. The van der Waals surface area contributed by atoms with Crippen molar-refractivity contribution in [3.63, 3.8) is 0 Å². The molecule has 2 unspecified atom stereocenters. The highest BCUT2D eigenvalue weighted by Gasteiger charge is 2.23. The van der Waals surface area contributed by atoms with E-state index in [0.717, 1.165) is 20.1 Å². The van der Waals surface area contributed by atoms with E-state index in [1.807, 2.05) is 43.3 Å². The molecule has 4 heteroatoms. The Morgan fingerprint density at radius 2 is 1.90 bits per heavy atom. The maximum atomic E-state index is 10.7. The van der Waals surface area contributed by atoms with Gasteiger partial charge in [-0.15, -0.1) is 0 Å². The molecule has 0 amide bonds. The molecule has 3 N–H and O–H groups in total. The Labute approximate surface area is 136 Å². The lowest BCUT2D eigenvalue weighted by atomic mass is 9.88. The maximum absolute atomic E-state index is 10.7. The molecular formula is C16H17Br2NO. The SMILES string of the molecule is Cc1cccc(C(CN)C(O)c2ccc(Br)cc2Br)c1. The summed E-state index contributed by atoms with van der Waals surface area (Å²) in [7, 11) is 0. The summed E-state index contributed by atoms with van der Waals surface area (Å²) < 4.78 is 1.85. The van der Waals surface area contributed by atoms with Crippen LogP contribution in [0.2, 0.25) is 0 Å². The highest BCUT2D eigenvalue weighted by molar-refractivity contribution is 9.11. The Kier molecular flexibility index (Phi) is 5.38. The van der Waals surface area contributed by atoms with Crippen LogP contribution < -0.4 is 5.73 Å². The Hall–Kier alpha value is -0.680. The van der Waals surface area contributed by atoms with Gasteiger partial charge in [0.1, 0.15) is 0 Å². The first kappa shape index (κ1) is 15.7. The number of halogens is 2. The third-order valence-corrected chi connectivity index (χ3v) is 4.57. The summed E-state index contributed by atoms with van der Waals surface area (Å²) in [5.41, 5.74) is 8.97. The normalized spacial score (nSPS) is 14.1. The lowest BCUT2D eigenvalue weighted by Gasteiger charge is -2.23. The van der Waals surface area contributed by atoms with Crippen molar-refractivity contribution in [3.05, 3.63) is 68.1 Å². The molecule has 106 valence electrons. The molecule has 0 radical (unpaired) electrons. The van der Waals surface area contributed by atoms with Crippen molar-refractivity contribution in [2.75, 3.05) is 6.54 Å². The lowest BCUT2D eigenvalue weighted by Crippen LogP contribution is -2.20. The molecule has 2 aromatic rings. The molecular weight excluding hydrogens is 382 g/mol. The van der Waals surface area contributed by atoms with Gasteiger partial charge in [-0.3, -0.25) is 0 Å². The molecule has 2 atom stereocenters. The van der Waals surface area contributed by atoms with Crippen LogP contribution in [-0.2, 0) is 0 Å². The lowest BCUT2D eigenvalue weighted by molar-refractivity contribution is 0.146. The first-order valence-corrected chi connectivity index (χ1v) is 8.01. The smallest absolute Gasteiger partial charge is 0.0881 e. The maximum Gasteiger partial charge on any atom is 0.0881 e. The first-order valence-electron chi connectivity index (χ1n) is 6.42. The second-order valence-corrected chi connectivity index (χ2v) is 6.64. The van der Waals surface area contributed by atoms with Crippen LogP contribution in [-0.4, -0.2) is 11.7 Å². The molecule has 0 saturated carbocycles. The second kappa shape index (κ2) is 6.85. The van der Waals surface area contributed by atoms with Crippen molar-refractivity contribution in [2.24, 2.45) is 5.73 Å². The first-order chi connectivity index (χ1) is 9.52. The van der Waals surface area contributed by atoms with E-state index in [9.17, 15) is 5.11 Å². The minimum atomic E-state index is -0.635. The molecule has 0 bridgehead atoms. The fraction of sp³-hybridized carbons (Fsp3) is 0.250. The molecule has 0 aliphatic rings. The van der Waals surface area contributed by atoms with E-state index in [1.54, 1.807) is 0 Å². The molecule has 0 aromatic heterocycles. The zero-order chi connectivity index (χ0) is 14.7. The molecule has 0 aliphatic carbocycles. The number of rotatable bonds is 4. The van der Waals surface area contributed by atoms with Crippen molar-refractivity contribution in [2.45, 2.75) is 18.9 Å². The number of nitrogens with two attached hydrogens (primary N) is 1. The fourth-order valence-corrected chi connectivity index (χ4v) is 3.59. The van der Waals surface area contributed by atoms with Gasteiger partial charge >= 0.3 is 0 Å². The molecule has 2 nitrogen and oxygen atoms in total. The van der Waals surface area contributed by atoms with Gasteiger partial charge in [0.15, 0.2) is 0 Å². The van der Waals surface area contributed by atoms with Crippen molar-refractivity contribution >= 4 is 31.9 Å². The molecule has 2 rings (SSSR count). The third-order valence-electron chi connectivity index (χ3n) is 3.39. The number of hydrogen-bond acceptors (Lipinski definition) is 2. The monoisotopic (exact) mass is 397 g/mol. The molecule has 0 fully saturated rings. The van der Waals surface area contributed by atoms with Crippen molar-refractivity contribution < 1.29 is 5.11 Å². The summed E-state index contributed by atoms with van der Waals surface area (Å²) in [5.74, 6) is -0.118. The number of benzene rings is 2. The quantitative estimate of drug-likeness (QED) is 0.806. The molecule has 2 aromatic carbocycles. The van der Waals surface area contributed by atoms with Gasteiger partial charge in [0.25, 0.3) is 0 Å².